The van der Waals surface area contributed by atoms with Gasteiger partial charge in [0.1, 0.15) is 5.75 Å². The molecule has 1 rings (SSSR count). The molecule has 1 aromatic carbocycles. The van der Waals surface area contributed by atoms with Gasteiger partial charge in [-0.15, -0.1) is 0 Å². The summed E-state index contributed by atoms with van der Waals surface area (Å²) < 4.78 is 5.79. The van der Waals surface area contributed by atoms with Crippen molar-refractivity contribution in [3.63, 3.8) is 0 Å². The Balaban J connectivity index is 2.24. The Kier molecular flexibility index (Phi) is 9.55. The zero-order valence-corrected chi connectivity index (χ0v) is 13.8. The van der Waals surface area contributed by atoms with Crippen LogP contribution in [0.5, 0.6) is 5.75 Å². The molecule has 0 aromatic heterocycles. The van der Waals surface area contributed by atoms with Gasteiger partial charge in [-0.1, -0.05) is 27.2 Å². The molecule has 3 heteroatoms. The molecule has 3 nitrogen and oxygen atoms in total. The Morgan fingerprint density at radius 1 is 1.05 bits per heavy atom. The van der Waals surface area contributed by atoms with Crippen molar-refractivity contribution in [1.29, 1.82) is 0 Å². The van der Waals surface area contributed by atoms with Crippen LogP contribution in [0.25, 0.3) is 0 Å². The molecule has 0 spiro atoms. The first-order valence-corrected chi connectivity index (χ1v) is 8.27. The van der Waals surface area contributed by atoms with Crippen molar-refractivity contribution < 1.29 is 4.74 Å². The molecular weight excluding hydrogens is 260 g/mol. The molecule has 0 unspecified atom stereocenters. The fraction of sp³-hybridized carbons (Fsp3) is 0.611. The third-order valence-electron chi connectivity index (χ3n) is 3.42. The molecular formula is C18H30N2O. The van der Waals surface area contributed by atoms with Crippen molar-refractivity contribution in [2.24, 2.45) is 4.99 Å². The fourth-order valence-corrected chi connectivity index (χ4v) is 2.11. The molecule has 21 heavy (non-hydrogen) atoms. The normalized spacial score (nSPS) is 11.4. The molecule has 1 aromatic rings. The molecule has 0 radical (unpaired) electrons. The molecule has 0 saturated heterocycles. The van der Waals surface area contributed by atoms with Crippen LogP contribution in [0.2, 0.25) is 0 Å². The Labute approximate surface area is 130 Å². The van der Waals surface area contributed by atoms with E-state index in [9.17, 15) is 0 Å². The first kappa shape index (κ1) is 17.7. The van der Waals surface area contributed by atoms with Gasteiger partial charge in [-0.25, -0.2) is 0 Å². The van der Waals surface area contributed by atoms with Gasteiger partial charge in [0, 0.05) is 12.8 Å². The predicted octanol–water partition coefficient (Wildman–Crippen LogP) is 4.69. The lowest BCUT2D eigenvalue weighted by Crippen LogP contribution is -2.26. The van der Waals surface area contributed by atoms with Crippen LogP contribution in [0.3, 0.4) is 0 Å². The number of nitrogens with zero attached hydrogens (tertiary/aromatic N) is 2. The Morgan fingerprint density at radius 2 is 1.76 bits per heavy atom. The average Bonchev–Trinajstić information content (AvgIpc) is 2.53. The second-order valence-corrected chi connectivity index (χ2v) is 5.20. The van der Waals surface area contributed by atoms with E-state index >= 15 is 0 Å². The Morgan fingerprint density at radius 3 is 2.38 bits per heavy atom. The first-order valence-electron chi connectivity index (χ1n) is 8.27. The van der Waals surface area contributed by atoms with Gasteiger partial charge in [-0.05, 0) is 56.6 Å². The van der Waals surface area contributed by atoms with Crippen molar-refractivity contribution >= 4 is 11.9 Å². The summed E-state index contributed by atoms with van der Waals surface area (Å²) in [4.78, 5) is 6.83. The second kappa shape index (κ2) is 11.3. The summed E-state index contributed by atoms with van der Waals surface area (Å²) in [5, 5.41) is 0. The monoisotopic (exact) mass is 290 g/mol. The molecule has 0 fully saturated rings. The topological polar surface area (TPSA) is 24.8 Å². The van der Waals surface area contributed by atoms with E-state index in [1.807, 2.05) is 30.5 Å². The van der Waals surface area contributed by atoms with Crippen molar-refractivity contribution in [3.05, 3.63) is 24.3 Å². The van der Waals surface area contributed by atoms with E-state index in [2.05, 4.69) is 30.7 Å². The Hall–Kier alpha value is -1.35. The summed E-state index contributed by atoms with van der Waals surface area (Å²) in [5.74, 6) is 0.932. The minimum absolute atomic E-state index is 0.778. The summed E-state index contributed by atoms with van der Waals surface area (Å²) in [5.41, 5.74) is 0.987. The number of hydrogen-bond acceptors (Lipinski definition) is 3. The number of aliphatic imine (C=N–C) groups is 1. The highest BCUT2D eigenvalue weighted by molar-refractivity contribution is 5.62. The van der Waals surface area contributed by atoms with E-state index in [4.69, 9.17) is 4.74 Å². The van der Waals surface area contributed by atoms with Gasteiger partial charge >= 0.3 is 0 Å². The van der Waals surface area contributed by atoms with Crippen molar-refractivity contribution in [2.75, 3.05) is 26.2 Å². The number of hydrogen-bond donors (Lipinski definition) is 0. The van der Waals surface area contributed by atoms with Gasteiger partial charge in [0.15, 0.2) is 0 Å². The van der Waals surface area contributed by atoms with Crippen LogP contribution in [-0.2, 0) is 0 Å². The lowest BCUT2D eigenvalue weighted by molar-refractivity contribution is 0.239. The largest absolute Gasteiger partial charge is 0.494 e. The lowest BCUT2D eigenvalue weighted by Gasteiger charge is -2.19. The second-order valence-electron chi connectivity index (χ2n) is 5.20. The molecule has 118 valence electrons. The van der Waals surface area contributed by atoms with Crippen LogP contribution in [0.15, 0.2) is 29.3 Å². The number of unbranched alkanes of at least 4 members (excludes halogenated alkanes) is 1. The molecule has 0 atom stereocenters. The summed E-state index contributed by atoms with van der Waals surface area (Å²) in [6.07, 6.45) is 6.51. The summed E-state index contributed by atoms with van der Waals surface area (Å²) in [7, 11) is 0. The van der Waals surface area contributed by atoms with E-state index < -0.39 is 0 Å². The van der Waals surface area contributed by atoms with Gasteiger partial charge in [-0.3, -0.25) is 4.99 Å². The molecule has 0 bridgehead atoms. The van der Waals surface area contributed by atoms with Crippen molar-refractivity contribution in [1.82, 2.24) is 4.90 Å². The summed E-state index contributed by atoms with van der Waals surface area (Å²) >= 11 is 0. The van der Waals surface area contributed by atoms with Gasteiger partial charge in [0.2, 0.25) is 0 Å². The van der Waals surface area contributed by atoms with Gasteiger partial charge in [0.25, 0.3) is 0 Å². The standard InChI is InChI=1S/C18H30N2O/c1-4-7-14-20(6-3)15-8-16-21-18-11-9-17(10-12-18)19-13-5-2/h9-13H,4-8,14-16H2,1-3H3. The van der Waals surface area contributed by atoms with E-state index in [1.54, 1.807) is 0 Å². The highest BCUT2D eigenvalue weighted by Gasteiger charge is 2.01. The van der Waals surface area contributed by atoms with Crippen LogP contribution >= 0.6 is 0 Å². The number of benzene rings is 1. The lowest BCUT2D eigenvalue weighted by atomic mass is 10.3. The summed E-state index contributed by atoms with van der Waals surface area (Å²) in [6, 6.07) is 8.00. The number of rotatable bonds is 11. The highest BCUT2D eigenvalue weighted by Crippen LogP contribution is 2.18. The van der Waals surface area contributed by atoms with Gasteiger partial charge < -0.3 is 9.64 Å². The zero-order valence-electron chi connectivity index (χ0n) is 13.8. The molecule has 0 aliphatic carbocycles. The SMILES string of the molecule is CCC=Nc1ccc(OCCCN(CC)CCCC)cc1. The third-order valence-corrected chi connectivity index (χ3v) is 3.42. The molecule has 0 saturated carbocycles. The van der Waals surface area contributed by atoms with Crippen molar-refractivity contribution in [2.45, 2.75) is 46.5 Å². The zero-order chi connectivity index (χ0) is 15.3. The van der Waals surface area contributed by atoms with Crippen LogP contribution in [-0.4, -0.2) is 37.4 Å². The Bertz CT molecular complexity index is 387. The fourth-order valence-electron chi connectivity index (χ4n) is 2.11. The molecule has 0 N–H and O–H groups in total. The predicted molar refractivity (Wildman–Crippen MR) is 92.0 cm³/mol. The maximum absolute atomic E-state index is 5.79. The van der Waals surface area contributed by atoms with Crippen LogP contribution in [0.1, 0.15) is 46.5 Å². The summed E-state index contributed by atoms with van der Waals surface area (Å²) in [6.45, 7) is 10.8. The van der Waals surface area contributed by atoms with E-state index in [0.717, 1.165) is 44.0 Å². The molecule has 0 amide bonds. The van der Waals surface area contributed by atoms with Crippen LogP contribution in [0, 0.1) is 0 Å². The molecule has 0 aliphatic heterocycles. The third kappa shape index (κ3) is 7.86. The minimum atomic E-state index is 0.778. The number of ether oxygens (including phenoxy) is 1. The smallest absolute Gasteiger partial charge is 0.119 e. The molecule has 0 aliphatic rings. The van der Waals surface area contributed by atoms with Crippen LogP contribution < -0.4 is 4.74 Å². The van der Waals surface area contributed by atoms with E-state index in [-0.39, 0.29) is 0 Å². The van der Waals surface area contributed by atoms with Gasteiger partial charge in [0.05, 0.1) is 12.3 Å². The quantitative estimate of drug-likeness (QED) is 0.436. The average molecular weight is 290 g/mol. The van der Waals surface area contributed by atoms with E-state index in [0.29, 0.717) is 0 Å². The molecule has 0 heterocycles. The maximum Gasteiger partial charge on any atom is 0.119 e. The van der Waals surface area contributed by atoms with Gasteiger partial charge in [-0.2, -0.15) is 0 Å². The minimum Gasteiger partial charge on any atom is -0.494 e. The first-order chi connectivity index (χ1) is 10.3. The van der Waals surface area contributed by atoms with E-state index in [1.165, 1.54) is 19.4 Å². The maximum atomic E-state index is 5.79. The van der Waals surface area contributed by atoms with Crippen LogP contribution in [0.4, 0.5) is 5.69 Å². The highest BCUT2D eigenvalue weighted by atomic mass is 16.5. The van der Waals surface area contributed by atoms with Crippen molar-refractivity contribution in [3.8, 4) is 5.75 Å².